The fourth-order valence-electron chi connectivity index (χ4n) is 1.18. The zero-order valence-electron chi connectivity index (χ0n) is 12.1. The summed E-state index contributed by atoms with van der Waals surface area (Å²) in [5, 5.41) is 2.88. The molecule has 0 aromatic heterocycles. The summed E-state index contributed by atoms with van der Waals surface area (Å²) in [5.74, 6) is 0. The van der Waals surface area contributed by atoms with Crippen LogP contribution in [0, 0.1) is 0 Å². The molecule has 104 valence electrons. The Balaban J connectivity index is 0. The molecule has 3 heteroatoms. The van der Waals surface area contributed by atoms with Crippen molar-refractivity contribution < 1.29 is 4.79 Å². The molecular weight excluding hydrogens is 242 g/mol. The van der Waals surface area contributed by atoms with Crippen LogP contribution in [0.4, 0.5) is 0 Å². The van der Waals surface area contributed by atoms with Crippen LogP contribution in [0.3, 0.4) is 0 Å². The first-order valence-electron chi connectivity index (χ1n) is 6.46. The molecule has 0 bridgehead atoms. The predicted octanol–water partition coefficient (Wildman–Crippen LogP) is 3.72. The van der Waals surface area contributed by atoms with E-state index in [1.807, 2.05) is 7.05 Å². The monoisotopic (exact) mass is 269 g/mol. The Labute approximate surface area is 118 Å². The van der Waals surface area contributed by atoms with Crippen molar-refractivity contribution in [1.29, 1.82) is 0 Å². The summed E-state index contributed by atoms with van der Waals surface area (Å²) >= 11 is 3.33. The zero-order chi connectivity index (χ0) is 14.2. The normalized spacial score (nSPS) is 8.50. The van der Waals surface area contributed by atoms with Gasteiger partial charge in [-0.15, -0.1) is 12.6 Å². The number of hydrogen-bond acceptors (Lipinski definition) is 2. The van der Waals surface area contributed by atoms with Crippen LogP contribution in [0.15, 0.2) is 30.3 Å². The number of thiol groups is 1. The number of aryl methyl sites for hydroxylation is 1. The van der Waals surface area contributed by atoms with Crippen molar-refractivity contribution in [2.24, 2.45) is 0 Å². The van der Waals surface area contributed by atoms with Crippen LogP contribution >= 0.6 is 12.6 Å². The molecule has 0 saturated heterocycles. The van der Waals surface area contributed by atoms with Gasteiger partial charge in [-0.05, 0) is 32.0 Å². The average molecular weight is 269 g/mol. The number of carbonyl (C=O) groups is 1. The molecule has 1 aromatic rings. The minimum absolute atomic E-state index is 0.139. The van der Waals surface area contributed by atoms with E-state index in [0.717, 1.165) is 6.54 Å². The van der Waals surface area contributed by atoms with E-state index < -0.39 is 0 Å². The lowest BCUT2D eigenvalue weighted by atomic mass is 10.1. The van der Waals surface area contributed by atoms with E-state index >= 15 is 0 Å². The zero-order valence-corrected chi connectivity index (χ0v) is 13.0. The van der Waals surface area contributed by atoms with Crippen LogP contribution in [0.25, 0.3) is 0 Å². The lowest BCUT2D eigenvalue weighted by molar-refractivity contribution is -0.108. The quantitative estimate of drug-likeness (QED) is 0.816. The Kier molecular flexibility index (Phi) is 17.6. The molecule has 0 aliphatic carbocycles. The second-order valence-electron chi connectivity index (χ2n) is 3.86. The largest absolute Gasteiger partial charge is 0.320 e. The fourth-order valence-corrected chi connectivity index (χ4v) is 1.18. The molecule has 1 aromatic carbocycles. The molecule has 0 amide bonds. The summed E-state index contributed by atoms with van der Waals surface area (Å²) in [4.78, 5) is 9.31. The molecule has 0 aliphatic heterocycles. The Morgan fingerprint density at radius 1 is 1.17 bits per heavy atom. The summed E-state index contributed by atoms with van der Waals surface area (Å²) in [7, 11) is 1.96. The first kappa shape index (κ1) is 19.5. The standard InChI is InChI=1S/C9H12.C4H11N.C2H4OS/c1-2-6-9-7-4-3-5-8-9;1-3-4-5-2;1-2(3)4/h3-5,7-8H,2,6H2,1H3;5H,3-4H2,1-2H3;1H3,(H,3,4). The number of carbonyl (C=O) groups excluding carboxylic acids is 1. The van der Waals surface area contributed by atoms with Gasteiger partial charge >= 0.3 is 0 Å². The third kappa shape index (κ3) is 20.6. The van der Waals surface area contributed by atoms with E-state index in [9.17, 15) is 4.79 Å². The van der Waals surface area contributed by atoms with Crippen molar-refractivity contribution in [2.75, 3.05) is 13.6 Å². The topological polar surface area (TPSA) is 29.1 Å². The molecule has 1 N–H and O–H groups in total. The summed E-state index contributed by atoms with van der Waals surface area (Å²) in [6.07, 6.45) is 3.68. The molecule has 0 fully saturated rings. The number of nitrogens with one attached hydrogen (secondary N) is 1. The van der Waals surface area contributed by atoms with Crippen molar-refractivity contribution in [3.63, 3.8) is 0 Å². The number of rotatable bonds is 4. The molecular formula is C15H27NOS. The summed E-state index contributed by atoms with van der Waals surface area (Å²) in [5.41, 5.74) is 1.44. The minimum Gasteiger partial charge on any atom is -0.320 e. The van der Waals surface area contributed by atoms with Crippen LogP contribution in [-0.4, -0.2) is 18.7 Å². The Hall–Kier alpha value is -0.800. The molecule has 0 spiro atoms. The van der Waals surface area contributed by atoms with E-state index in [4.69, 9.17) is 0 Å². The van der Waals surface area contributed by atoms with Crippen molar-refractivity contribution in [3.05, 3.63) is 35.9 Å². The van der Waals surface area contributed by atoms with E-state index in [2.05, 4.69) is 62.1 Å². The lowest BCUT2D eigenvalue weighted by Gasteiger charge is -1.93. The van der Waals surface area contributed by atoms with Crippen molar-refractivity contribution >= 4 is 17.7 Å². The van der Waals surface area contributed by atoms with Crippen molar-refractivity contribution in [1.82, 2.24) is 5.32 Å². The molecule has 0 unspecified atom stereocenters. The Morgan fingerprint density at radius 3 is 1.94 bits per heavy atom. The van der Waals surface area contributed by atoms with Crippen LogP contribution in [0.1, 0.15) is 39.2 Å². The highest BCUT2D eigenvalue weighted by Crippen LogP contribution is 2.00. The lowest BCUT2D eigenvalue weighted by Crippen LogP contribution is -2.04. The van der Waals surface area contributed by atoms with Gasteiger partial charge < -0.3 is 5.32 Å². The molecule has 18 heavy (non-hydrogen) atoms. The van der Waals surface area contributed by atoms with E-state index in [-0.39, 0.29) is 5.12 Å². The van der Waals surface area contributed by atoms with Crippen LogP contribution < -0.4 is 5.32 Å². The van der Waals surface area contributed by atoms with Gasteiger partial charge in [0.1, 0.15) is 0 Å². The highest BCUT2D eigenvalue weighted by molar-refractivity contribution is 7.96. The first-order valence-corrected chi connectivity index (χ1v) is 6.91. The van der Waals surface area contributed by atoms with Gasteiger partial charge in [0.15, 0.2) is 5.12 Å². The Morgan fingerprint density at radius 2 is 1.67 bits per heavy atom. The van der Waals surface area contributed by atoms with E-state index in [1.54, 1.807) is 0 Å². The van der Waals surface area contributed by atoms with Gasteiger partial charge in [0.2, 0.25) is 0 Å². The van der Waals surface area contributed by atoms with Gasteiger partial charge in [0.25, 0.3) is 0 Å². The molecule has 0 saturated carbocycles. The third-order valence-electron chi connectivity index (χ3n) is 1.88. The van der Waals surface area contributed by atoms with E-state index in [0.29, 0.717) is 0 Å². The molecule has 0 aliphatic rings. The second kappa shape index (κ2) is 16.2. The second-order valence-corrected chi connectivity index (χ2v) is 4.49. The molecule has 0 heterocycles. The summed E-state index contributed by atoms with van der Waals surface area (Å²) in [6, 6.07) is 10.6. The summed E-state index contributed by atoms with van der Waals surface area (Å²) < 4.78 is 0. The van der Waals surface area contributed by atoms with E-state index in [1.165, 1.54) is 31.7 Å². The van der Waals surface area contributed by atoms with Crippen LogP contribution in [0.5, 0.6) is 0 Å². The molecule has 0 radical (unpaired) electrons. The number of hydrogen-bond donors (Lipinski definition) is 2. The maximum atomic E-state index is 9.31. The highest BCUT2D eigenvalue weighted by atomic mass is 32.1. The first-order chi connectivity index (χ1) is 8.58. The van der Waals surface area contributed by atoms with Gasteiger partial charge in [0.05, 0.1) is 0 Å². The van der Waals surface area contributed by atoms with Gasteiger partial charge in [-0.2, -0.15) is 0 Å². The van der Waals surface area contributed by atoms with Gasteiger partial charge in [-0.1, -0.05) is 50.6 Å². The Bertz CT molecular complexity index is 269. The maximum absolute atomic E-state index is 9.31. The van der Waals surface area contributed by atoms with Crippen LogP contribution in [-0.2, 0) is 11.2 Å². The fraction of sp³-hybridized carbons (Fsp3) is 0.533. The minimum atomic E-state index is -0.139. The molecule has 2 nitrogen and oxygen atoms in total. The third-order valence-corrected chi connectivity index (χ3v) is 1.88. The summed E-state index contributed by atoms with van der Waals surface area (Å²) in [6.45, 7) is 6.88. The van der Waals surface area contributed by atoms with Crippen molar-refractivity contribution in [2.45, 2.75) is 40.0 Å². The van der Waals surface area contributed by atoms with Gasteiger partial charge in [-0.3, -0.25) is 4.79 Å². The SMILES string of the molecule is CC(=O)S.CCCNC.CCCc1ccccc1. The van der Waals surface area contributed by atoms with Crippen molar-refractivity contribution in [3.8, 4) is 0 Å². The maximum Gasteiger partial charge on any atom is 0.182 e. The van der Waals surface area contributed by atoms with Gasteiger partial charge in [0, 0.05) is 6.92 Å². The predicted molar refractivity (Wildman–Crippen MR) is 84.3 cm³/mol. The molecule has 0 atom stereocenters. The van der Waals surface area contributed by atoms with Gasteiger partial charge in [-0.25, -0.2) is 0 Å². The highest BCUT2D eigenvalue weighted by Gasteiger charge is 1.84. The number of benzene rings is 1. The smallest absolute Gasteiger partial charge is 0.182 e. The molecule has 1 rings (SSSR count). The van der Waals surface area contributed by atoms with Crippen LogP contribution in [0.2, 0.25) is 0 Å². The average Bonchev–Trinajstić information content (AvgIpc) is 2.32.